The fraction of sp³-hybridized carbons (Fsp3) is 0.619. The van der Waals surface area contributed by atoms with Crippen molar-refractivity contribution in [3.8, 4) is 0 Å². The summed E-state index contributed by atoms with van der Waals surface area (Å²) >= 11 is 0. The zero-order chi connectivity index (χ0) is 19.9. The lowest BCUT2D eigenvalue weighted by atomic mass is 9.93. The Morgan fingerprint density at radius 1 is 1.18 bits per heavy atom. The van der Waals surface area contributed by atoms with Crippen molar-refractivity contribution in [3.05, 3.63) is 24.3 Å². The molecule has 0 spiro atoms. The van der Waals surface area contributed by atoms with Crippen molar-refractivity contribution < 1.29 is 9.59 Å². The highest BCUT2D eigenvalue weighted by molar-refractivity contribution is 5.95. The first-order valence-corrected chi connectivity index (χ1v) is 10.6. The Morgan fingerprint density at radius 2 is 1.93 bits per heavy atom. The number of nitrogens with zero attached hydrogens (tertiary/aromatic N) is 2. The third kappa shape index (κ3) is 4.95. The normalized spacial score (nSPS) is 18.4. The molecule has 28 heavy (non-hydrogen) atoms. The summed E-state index contributed by atoms with van der Waals surface area (Å²) in [5, 5.41) is 8.78. The molecular formula is C21H33N5O2. The largest absolute Gasteiger partial charge is 0.336 e. The van der Waals surface area contributed by atoms with Gasteiger partial charge in [-0.05, 0) is 50.0 Å². The minimum atomic E-state index is -0.196. The quantitative estimate of drug-likeness (QED) is 0.641. The Bertz CT molecular complexity index is 669. The monoisotopic (exact) mass is 387 g/mol. The van der Waals surface area contributed by atoms with Crippen LogP contribution in [0.2, 0.25) is 0 Å². The van der Waals surface area contributed by atoms with E-state index in [-0.39, 0.29) is 12.1 Å². The van der Waals surface area contributed by atoms with Crippen LogP contribution in [0.4, 0.5) is 21.0 Å². The second-order valence-electron chi connectivity index (χ2n) is 7.66. The first kappa shape index (κ1) is 20.5. The van der Waals surface area contributed by atoms with E-state index in [4.69, 9.17) is 0 Å². The molecule has 0 radical (unpaired) electrons. The Kier molecular flexibility index (Phi) is 7.14. The zero-order valence-electron chi connectivity index (χ0n) is 17.0. The van der Waals surface area contributed by atoms with Gasteiger partial charge in [0.1, 0.15) is 0 Å². The van der Waals surface area contributed by atoms with Crippen LogP contribution in [0, 0.1) is 5.92 Å². The van der Waals surface area contributed by atoms with Gasteiger partial charge in [0.15, 0.2) is 0 Å². The van der Waals surface area contributed by atoms with E-state index in [0.717, 1.165) is 31.6 Å². The number of anilines is 2. The minimum absolute atomic E-state index is 0.0970. The Morgan fingerprint density at radius 3 is 2.57 bits per heavy atom. The van der Waals surface area contributed by atoms with E-state index in [1.54, 1.807) is 4.90 Å². The molecule has 7 nitrogen and oxygen atoms in total. The number of carbonyl (C=O) groups is 2. The lowest BCUT2D eigenvalue weighted by Crippen LogP contribution is -2.47. The Labute approximate surface area is 167 Å². The molecule has 3 rings (SSSR count). The highest BCUT2D eigenvalue weighted by Gasteiger charge is 2.28. The highest BCUT2D eigenvalue weighted by Crippen LogP contribution is 2.23. The molecule has 4 amide bonds. The van der Waals surface area contributed by atoms with E-state index in [0.29, 0.717) is 37.3 Å². The van der Waals surface area contributed by atoms with Crippen molar-refractivity contribution >= 4 is 23.4 Å². The number of rotatable bonds is 8. The van der Waals surface area contributed by atoms with Gasteiger partial charge in [-0.2, -0.15) is 0 Å². The van der Waals surface area contributed by atoms with Gasteiger partial charge >= 0.3 is 12.1 Å². The zero-order valence-corrected chi connectivity index (χ0v) is 17.0. The van der Waals surface area contributed by atoms with E-state index < -0.39 is 0 Å². The van der Waals surface area contributed by atoms with Crippen LogP contribution in [0.5, 0.6) is 0 Å². The number of benzene rings is 1. The fourth-order valence-electron chi connectivity index (χ4n) is 4.34. The predicted octanol–water partition coefficient (Wildman–Crippen LogP) is 3.24. The second kappa shape index (κ2) is 9.78. The molecular weight excluding hydrogens is 354 g/mol. The summed E-state index contributed by atoms with van der Waals surface area (Å²) in [5.41, 5.74) is 1.48. The number of nitrogens with one attached hydrogen (secondary N) is 3. The van der Waals surface area contributed by atoms with Crippen LogP contribution in [0.3, 0.4) is 0 Å². The summed E-state index contributed by atoms with van der Waals surface area (Å²) in [6.07, 6.45) is 4.75. The number of hydrogen-bond donors (Lipinski definition) is 3. The van der Waals surface area contributed by atoms with E-state index in [9.17, 15) is 9.59 Å². The van der Waals surface area contributed by atoms with Gasteiger partial charge in [0.2, 0.25) is 0 Å². The van der Waals surface area contributed by atoms with Gasteiger partial charge in [-0.15, -0.1) is 0 Å². The SMILES string of the molecule is CCC(CC)C(CNC(=O)Nc1cccc(N2CCNC2=O)c1)N1CCCC1. The average molecular weight is 388 g/mol. The van der Waals surface area contributed by atoms with Crippen LogP contribution in [0.1, 0.15) is 39.5 Å². The molecule has 1 aromatic carbocycles. The van der Waals surface area contributed by atoms with Gasteiger partial charge in [0, 0.05) is 37.1 Å². The molecule has 2 fully saturated rings. The standard InChI is InChI=1S/C21H33N5O2/c1-3-16(4-2)19(25-11-5-6-12-25)15-23-20(27)24-17-8-7-9-18(14-17)26-13-10-22-21(26)28/h7-9,14,16,19H,3-6,10-13,15H2,1-2H3,(H,22,28)(H2,23,24,27). The van der Waals surface area contributed by atoms with Crippen molar-refractivity contribution in [2.75, 3.05) is 42.9 Å². The van der Waals surface area contributed by atoms with Crippen LogP contribution in [0.25, 0.3) is 0 Å². The van der Waals surface area contributed by atoms with E-state index in [1.165, 1.54) is 12.8 Å². The molecule has 0 bridgehead atoms. The molecule has 0 aliphatic carbocycles. The van der Waals surface area contributed by atoms with E-state index in [2.05, 4.69) is 34.7 Å². The smallest absolute Gasteiger partial charge is 0.321 e. The Balaban J connectivity index is 1.57. The summed E-state index contributed by atoms with van der Waals surface area (Å²) in [6.45, 7) is 8.67. The maximum atomic E-state index is 12.5. The molecule has 0 aromatic heterocycles. The van der Waals surface area contributed by atoms with Crippen LogP contribution in [-0.4, -0.2) is 55.7 Å². The number of urea groups is 2. The van der Waals surface area contributed by atoms with Crippen LogP contribution in [-0.2, 0) is 0 Å². The number of amides is 4. The topological polar surface area (TPSA) is 76.7 Å². The van der Waals surface area contributed by atoms with Gasteiger partial charge in [-0.1, -0.05) is 32.8 Å². The van der Waals surface area contributed by atoms with Crippen LogP contribution < -0.4 is 20.9 Å². The fourth-order valence-corrected chi connectivity index (χ4v) is 4.34. The highest BCUT2D eigenvalue weighted by atomic mass is 16.2. The molecule has 0 saturated carbocycles. The third-order valence-corrected chi connectivity index (χ3v) is 5.95. The predicted molar refractivity (Wildman–Crippen MR) is 113 cm³/mol. The van der Waals surface area contributed by atoms with Gasteiger partial charge in [-0.3, -0.25) is 9.80 Å². The minimum Gasteiger partial charge on any atom is -0.336 e. The second-order valence-corrected chi connectivity index (χ2v) is 7.66. The molecule has 2 aliphatic heterocycles. The van der Waals surface area contributed by atoms with Crippen molar-refractivity contribution in [1.82, 2.24) is 15.5 Å². The van der Waals surface area contributed by atoms with Gasteiger partial charge < -0.3 is 16.0 Å². The molecule has 7 heteroatoms. The molecule has 154 valence electrons. The maximum absolute atomic E-state index is 12.5. The summed E-state index contributed by atoms with van der Waals surface area (Å²) in [5.74, 6) is 0.593. The third-order valence-electron chi connectivity index (χ3n) is 5.95. The summed E-state index contributed by atoms with van der Waals surface area (Å²) in [6, 6.07) is 7.51. The molecule has 1 aromatic rings. The van der Waals surface area contributed by atoms with Crippen LogP contribution >= 0.6 is 0 Å². The molecule has 2 saturated heterocycles. The molecule has 1 unspecified atom stereocenters. The van der Waals surface area contributed by atoms with Crippen molar-refractivity contribution in [2.24, 2.45) is 5.92 Å². The number of carbonyl (C=O) groups excluding carboxylic acids is 2. The summed E-state index contributed by atoms with van der Waals surface area (Å²) in [7, 11) is 0. The van der Waals surface area contributed by atoms with Crippen molar-refractivity contribution in [2.45, 2.75) is 45.6 Å². The van der Waals surface area contributed by atoms with E-state index >= 15 is 0 Å². The summed E-state index contributed by atoms with van der Waals surface area (Å²) < 4.78 is 0. The molecule has 2 heterocycles. The van der Waals surface area contributed by atoms with Gasteiger partial charge in [0.25, 0.3) is 0 Å². The number of likely N-dealkylation sites (tertiary alicyclic amines) is 1. The molecule has 3 N–H and O–H groups in total. The first-order chi connectivity index (χ1) is 13.6. The first-order valence-electron chi connectivity index (χ1n) is 10.6. The lowest BCUT2D eigenvalue weighted by Gasteiger charge is -2.33. The van der Waals surface area contributed by atoms with Crippen LogP contribution in [0.15, 0.2) is 24.3 Å². The molecule has 1 atom stereocenters. The Hall–Kier alpha value is -2.28. The van der Waals surface area contributed by atoms with Gasteiger partial charge in [0.05, 0.1) is 0 Å². The van der Waals surface area contributed by atoms with Crippen molar-refractivity contribution in [1.29, 1.82) is 0 Å². The molecule has 2 aliphatic rings. The van der Waals surface area contributed by atoms with Crippen molar-refractivity contribution in [3.63, 3.8) is 0 Å². The summed E-state index contributed by atoms with van der Waals surface area (Å²) in [4.78, 5) is 28.5. The average Bonchev–Trinajstić information content (AvgIpc) is 3.37. The lowest BCUT2D eigenvalue weighted by molar-refractivity contribution is 0.163. The number of hydrogen-bond acceptors (Lipinski definition) is 3. The van der Waals surface area contributed by atoms with Gasteiger partial charge in [-0.25, -0.2) is 9.59 Å². The van der Waals surface area contributed by atoms with E-state index in [1.807, 2.05) is 24.3 Å². The maximum Gasteiger partial charge on any atom is 0.321 e.